The average molecular weight is 336 g/mol. The number of fused-ring (bicyclic) bond motifs is 3. The lowest BCUT2D eigenvalue weighted by molar-refractivity contribution is 0.104. The third kappa shape index (κ3) is 2.22. The van der Waals surface area contributed by atoms with Gasteiger partial charge in [0.2, 0.25) is 0 Å². The van der Waals surface area contributed by atoms with Gasteiger partial charge in [-0.3, -0.25) is 9.59 Å². The maximum atomic E-state index is 12.7. The molecule has 0 N–H and O–H groups in total. The van der Waals surface area contributed by atoms with E-state index in [1.807, 2.05) is 18.2 Å². The van der Waals surface area contributed by atoms with Gasteiger partial charge in [0.05, 0.1) is 4.88 Å². The van der Waals surface area contributed by atoms with Crippen LogP contribution in [0.1, 0.15) is 61.4 Å². The lowest BCUT2D eigenvalue weighted by Gasteiger charge is -2.09. The summed E-state index contributed by atoms with van der Waals surface area (Å²) in [5.74, 6) is 1.48. The molecule has 24 heavy (non-hydrogen) atoms. The van der Waals surface area contributed by atoms with Crippen molar-refractivity contribution in [3.8, 4) is 0 Å². The van der Waals surface area contributed by atoms with Crippen LogP contribution in [0, 0.1) is 18.3 Å². The first-order chi connectivity index (χ1) is 11.4. The highest BCUT2D eigenvalue weighted by Crippen LogP contribution is 2.71. The van der Waals surface area contributed by atoms with Gasteiger partial charge in [0.25, 0.3) is 0 Å². The summed E-state index contributed by atoms with van der Waals surface area (Å²) < 4.78 is 0. The van der Waals surface area contributed by atoms with Gasteiger partial charge in [0, 0.05) is 10.4 Å². The van der Waals surface area contributed by atoms with Gasteiger partial charge in [-0.05, 0) is 53.4 Å². The number of carbonyl (C=O) groups is 2. The fourth-order valence-corrected chi connectivity index (χ4v) is 5.42. The summed E-state index contributed by atoms with van der Waals surface area (Å²) in [4.78, 5) is 25.6. The number of carbonyl (C=O) groups excluding carboxylic acids is 2. The minimum absolute atomic E-state index is 0.0999. The van der Waals surface area contributed by atoms with Crippen molar-refractivity contribution in [2.75, 3.05) is 0 Å². The maximum absolute atomic E-state index is 12.7. The molecule has 0 radical (unpaired) electrons. The summed E-state index contributed by atoms with van der Waals surface area (Å²) in [6, 6.07) is 7.24. The second kappa shape index (κ2) is 5.25. The van der Waals surface area contributed by atoms with Gasteiger partial charge in [0.1, 0.15) is 6.29 Å². The van der Waals surface area contributed by atoms with Crippen LogP contribution >= 0.6 is 11.3 Å². The maximum Gasteiger partial charge on any atom is 0.196 e. The van der Waals surface area contributed by atoms with Gasteiger partial charge in [-0.25, -0.2) is 0 Å². The Hall–Kier alpha value is -2.00. The van der Waals surface area contributed by atoms with Gasteiger partial charge in [0.15, 0.2) is 5.78 Å². The Balaban J connectivity index is 1.58. The van der Waals surface area contributed by atoms with E-state index in [0.29, 0.717) is 16.9 Å². The molecule has 0 saturated heterocycles. The van der Waals surface area contributed by atoms with Crippen LogP contribution in [-0.4, -0.2) is 12.1 Å². The Morgan fingerprint density at radius 1 is 1.21 bits per heavy atom. The third-order valence-electron chi connectivity index (χ3n) is 5.74. The summed E-state index contributed by atoms with van der Waals surface area (Å²) in [5.41, 5.74) is 4.75. The average Bonchev–Trinajstić information content (AvgIpc) is 2.92. The number of benzene rings is 1. The third-order valence-corrected chi connectivity index (χ3v) is 6.92. The van der Waals surface area contributed by atoms with E-state index in [2.05, 4.69) is 20.8 Å². The molecule has 2 aliphatic carbocycles. The standard InChI is InChI=1S/C21H20O2S/c1-12-18-15(10-16-19(18)21(16,2)3)20(24-12)17(23)9-8-13-4-6-14(11-22)7-5-13/h4-9,11,16,19H,10H2,1-3H3/t16-,19-/m1/s1. The molecule has 1 aromatic carbocycles. The number of allylic oxidation sites excluding steroid dienone is 1. The first-order valence-corrected chi connectivity index (χ1v) is 9.15. The van der Waals surface area contributed by atoms with Crippen LogP contribution in [0.3, 0.4) is 0 Å². The highest BCUT2D eigenvalue weighted by atomic mass is 32.1. The number of rotatable bonds is 4. The predicted octanol–water partition coefficient (Wildman–Crippen LogP) is 5.06. The molecular weight excluding hydrogens is 316 g/mol. The normalized spacial score (nSPS) is 23.1. The molecule has 2 aromatic rings. The lowest BCUT2D eigenvalue weighted by Crippen LogP contribution is -2.02. The summed E-state index contributed by atoms with van der Waals surface area (Å²) in [6.45, 7) is 6.83. The Bertz CT molecular complexity index is 868. The molecule has 0 bridgehead atoms. The van der Waals surface area contributed by atoms with Crippen molar-refractivity contribution >= 4 is 29.5 Å². The number of aryl methyl sites for hydroxylation is 1. The minimum atomic E-state index is 0.0999. The quantitative estimate of drug-likeness (QED) is 0.444. The van der Waals surface area contributed by atoms with Crippen molar-refractivity contribution in [2.24, 2.45) is 11.3 Å². The molecule has 2 atom stereocenters. The highest BCUT2D eigenvalue weighted by Gasteiger charge is 2.63. The SMILES string of the molecule is Cc1sc(C(=O)C=Cc2ccc(C=O)cc2)c2c1[C@H]1[C@@H](C2)C1(C)C. The molecule has 0 amide bonds. The lowest BCUT2D eigenvalue weighted by atomic mass is 9.94. The van der Waals surface area contributed by atoms with Crippen LogP contribution in [0.5, 0.6) is 0 Å². The number of ketones is 1. The van der Waals surface area contributed by atoms with Gasteiger partial charge in [-0.1, -0.05) is 44.2 Å². The molecule has 1 aromatic heterocycles. The van der Waals surface area contributed by atoms with Gasteiger partial charge in [-0.2, -0.15) is 0 Å². The Labute approximate surface area is 146 Å². The van der Waals surface area contributed by atoms with Crippen molar-refractivity contribution in [3.63, 3.8) is 0 Å². The summed E-state index contributed by atoms with van der Waals surface area (Å²) >= 11 is 1.65. The second-order valence-corrected chi connectivity index (χ2v) is 8.70. The van der Waals surface area contributed by atoms with Crippen molar-refractivity contribution in [1.82, 2.24) is 0 Å². The molecular formula is C21H20O2S. The fraction of sp³-hybridized carbons (Fsp3) is 0.333. The van der Waals surface area contributed by atoms with Gasteiger partial charge >= 0.3 is 0 Å². The monoisotopic (exact) mass is 336 g/mol. The van der Waals surface area contributed by atoms with Gasteiger partial charge in [-0.15, -0.1) is 11.3 Å². The number of thiophene rings is 1. The minimum Gasteiger partial charge on any atom is -0.298 e. The molecule has 0 spiro atoms. The molecule has 1 heterocycles. The smallest absolute Gasteiger partial charge is 0.196 e. The zero-order valence-electron chi connectivity index (χ0n) is 14.1. The zero-order chi connectivity index (χ0) is 17.1. The van der Waals surface area contributed by atoms with Crippen LogP contribution < -0.4 is 0 Å². The molecule has 4 rings (SSSR count). The Kier molecular flexibility index (Phi) is 3.40. The zero-order valence-corrected chi connectivity index (χ0v) is 14.9. The molecule has 2 nitrogen and oxygen atoms in total. The number of aldehydes is 1. The molecule has 0 unspecified atom stereocenters. The van der Waals surface area contributed by atoms with E-state index >= 15 is 0 Å². The van der Waals surface area contributed by atoms with E-state index < -0.39 is 0 Å². The van der Waals surface area contributed by atoms with E-state index in [1.54, 1.807) is 29.5 Å². The molecule has 2 aliphatic rings. The number of hydrogen-bond donors (Lipinski definition) is 0. The van der Waals surface area contributed by atoms with Crippen LogP contribution in [-0.2, 0) is 6.42 Å². The molecule has 1 fully saturated rings. The van der Waals surface area contributed by atoms with E-state index in [-0.39, 0.29) is 5.78 Å². The van der Waals surface area contributed by atoms with E-state index in [1.165, 1.54) is 16.0 Å². The second-order valence-electron chi connectivity index (χ2n) is 7.47. The first-order valence-electron chi connectivity index (χ1n) is 8.33. The van der Waals surface area contributed by atoms with Crippen molar-refractivity contribution in [3.05, 3.63) is 62.3 Å². The molecule has 0 aliphatic heterocycles. The van der Waals surface area contributed by atoms with Crippen LogP contribution in [0.25, 0.3) is 6.08 Å². The molecule has 1 saturated carbocycles. The largest absolute Gasteiger partial charge is 0.298 e. The first kappa shape index (κ1) is 15.5. The predicted molar refractivity (Wildman–Crippen MR) is 98.0 cm³/mol. The Morgan fingerprint density at radius 2 is 1.88 bits per heavy atom. The fourth-order valence-electron chi connectivity index (χ4n) is 4.26. The van der Waals surface area contributed by atoms with Crippen LogP contribution in [0.2, 0.25) is 0 Å². The topological polar surface area (TPSA) is 34.1 Å². The molecule has 3 heteroatoms. The summed E-state index contributed by atoms with van der Waals surface area (Å²) in [7, 11) is 0. The highest BCUT2D eigenvalue weighted by molar-refractivity contribution is 7.14. The summed E-state index contributed by atoms with van der Waals surface area (Å²) in [5, 5.41) is 0. The molecule has 122 valence electrons. The Morgan fingerprint density at radius 3 is 2.54 bits per heavy atom. The van der Waals surface area contributed by atoms with Crippen molar-refractivity contribution < 1.29 is 9.59 Å². The van der Waals surface area contributed by atoms with E-state index in [0.717, 1.165) is 29.1 Å². The van der Waals surface area contributed by atoms with Gasteiger partial charge < -0.3 is 0 Å². The van der Waals surface area contributed by atoms with E-state index in [4.69, 9.17) is 0 Å². The number of hydrogen-bond acceptors (Lipinski definition) is 3. The van der Waals surface area contributed by atoms with E-state index in [9.17, 15) is 9.59 Å². The van der Waals surface area contributed by atoms with Crippen LogP contribution in [0.4, 0.5) is 0 Å². The van der Waals surface area contributed by atoms with Crippen LogP contribution in [0.15, 0.2) is 30.3 Å². The summed E-state index contributed by atoms with van der Waals surface area (Å²) in [6.07, 6.45) is 5.37. The van der Waals surface area contributed by atoms with Crippen molar-refractivity contribution in [1.29, 1.82) is 0 Å². The van der Waals surface area contributed by atoms with Crippen molar-refractivity contribution in [2.45, 2.75) is 33.1 Å².